The fourth-order valence-electron chi connectivity index (χ4n) is 2.02. The van der Waals surface area contributed by atoms with Gasteiger partial charge in [-0.15, -0.1) is 0 Å². The van der Waals surface area contributed by atoms with Gasteiger partial charge >= 0.3 is 11.9 Å². The number of hydrogen-bond acceptors (Lipinski definition) is 6. The van der Waals surface area contributed by atoms with Crippen LogP contribution in [-0.2, 0) is 28.7 Å². The summed E-state index contributed by atoms with van der Waals surface area (Å²) in [5, 5.41) is 13.7. The molecule has 0 aliphatic carbocycles. The van der Waals surface area contributed by atoms with Gasteiger partial charge in [0.25, 0.3) is 5.91 Å². The normalized spacial score (nSPS) is 22.7. The van der Waals surface area contributed by atoms with E-state index in [1.807, 2.05) is 6.92 Å². The molecule has 1 aliphatic heterocycles. The highest BCUT2D eigenvalue weighted by atomic mass is 16.6. The Morgan fingerprint density at radius 3 is 2.25 bits per heavy atom. The summed E-state index contributed by atoms with van der Waals surface area (Å²) >= 11 is 0. The lowest BCUT2D eigenvalue weighted by Crippen LogP contribution is -2.54. The predicted molar refractivity (Wildman–Crippen MR) is 81.9 cm³/mol. The SMILES string of the molecule is CCOC(=O)[C@H]1O[C@@H]1C(=O)N[C@H](C(=O)N[C@H](C)C(=O)O)[C@@H](C)CC. The Balaban J connectivity index is 2.67. The molecule has 5 atom stereocenters. The largest absolute Gasteiger partial charge is 0.480 e. The molecule has 0 aromatic carbocycles. The van der Waals surface area contributed by atoms with Crippen molar-refractivity contribution >= 4 is 23.8 Å². The summed E-state index contributed by atoms with van der Waals surface area (Å²) in [5.74, 6) is -3.22. The zero-order valence-corrected chi connectivity index (χ0v) is 14.2. The minimum atomic E-state index is -1.18. The topological polar surface area (TPSA) is 134 Å². The third kappa shape index (κ3) is 5.19. The highest BCUT2D eigenvalue weighted by Crippen LogP contribution is 2.24. The van der Waals surface area contributed by atoms with E-state index in [-0.39, 0.29) is 12.5 Å². The molecular formula is C15H24N2O7. The number of nitrogens with one attached hydrogen (secondary N) is 2. The number of carbonyl (C=O) groups is 4. The standard InChI is InChI=1S/C15H24N2O7/c1-5-7(3)9(12(18)16-8(4)14(20)21)17-13(19)10-11(24-10)15(22)23-6-2/h7-11H,5-6H2,1-4H3,(H,16,18)(H,17,19)(H,20,21)/t7-,8+,9-,10-,11-/m0/s1. The number of esters is 1. The smallest absolute Gasteiger partial charge is 0.338 e. The molecule has 0 aromatic heterocycles. The summed E-state index contributed by atoms with van der Waals surface area (Å²) in [6, 6.07) is -2.00. The van der Waals surface area contributed by atoms with E-state index in [0.29, 0.717) is 6.42 Å². The van der Waals surface area contributed by atoms with Crippen molar-refractivity contribution in [3.05, 3.63) is 0 Å². The van der Waals surface area contributed by atoms with Crippen molar-refractivity contribution in [2.75, 3.05) is 6.61 Å². The highest BCUT2D eigenvalue weighted by molar-refractivity contribution is 5.96. The van der Waals surface area contributed by atoms with E-state index in [2.05, 4.69) is 10.6 Å². The zero-order chi connectivity index (χ0) is 18.4. The second-order valence-corrected chi connectivity index (χ2v) is 5.67. The lowest BCUT2D eigenvalue weighted by Gasteiger charge is -2.24. The van der Waals surface area contributed by atoms with Crippen molar-refractivity contribution in [3.63, 3.8) is 0 Å². The minimum absolute atomic E-state index is 0.179. The highest BCUT2D eigenvalue weighted by Gasteiger charge is 2.52. The van der Waals surface area contributed by atoms with Crippen LogP contribution in [0, 0.1) is 5.92 Å². The Bertz CT molecular complexity index is 508. The zero-order valence-electron chi connectivity index (χ0n) is 14.2. The van der Waals surface area contributed by atoms with Crippen LogP contribution in [0.15, 0.2) is 0 Å². The number of carboxylic acid groups (broad SMARTS) is 1. The average Bonchev–Trinajstić information content (AvgIpc) is 3.32. The van der Waals surface area contributed by atoms with Crippen molar-refractivity contribution in [3.8, 4) is 0 Å². The number of epoxide rings is 1. The first kappa shape index (κ1) is 19.9. The first-order valence-corrected chi connectivity index (χ1v) is 7.88. The van der Waals surface area contributed by atoms with Gasteiger partial charge in [0.05, 0.1) is 6.61 Å². The third-order valence-corrected chi connectivity index (χ3v) is 3.79. The van der Waals surface area contributed by atoms with Gasteiger partial charge in [-0.3, -0.25) is 14.4 Å². The molecule has 3 N–H and O–H groups in total. The van der Waals surface area contributed by atoms with Gasteiger partial charge in [-0.25, -0.2) is 4.79 Å². The van der Waals surface area contributed by atoms with Crippen molar-refractivity contribution in [2.24, 2.45) is 5.92 Å². The maximum absolute atomic E-state index is 12.2. The van der Waals surface area contributed by atoms with Crippen LogP contribution in [0.5, 0.6) is 0 Å². The Kier molecular flexibility index (Phi) is 7.15. The van der Waals surface area contributed by atoms with E-state index in [0.717, 1.165) is 0 Å². The molecule has 1 saturated heterocycles. The molecule has 2 amide bonds. The first-order chi connectivity index (χ1) is 11.2. The monoisotopic (exact) mass is 344 g/mol. The van der Waals surface area contributed by atoms with Crippen LogP contribution in [0.2, 0.25) is 0 Å². The summed E-state index contributed by atoms with van der Waals surface area (Å²) in [7, 11) is 0. The molecule has 24 heavy (non-hydrogen) atoms. The Labute approximate surface area is 140 Å². The van der Waals surface area contributed by atoms with Crippen molar-refractivity contribution in [1.29, 1.82) is 0 Å². The molecule has 1 rings (SSSR count). The molecule has 9 heteroatoms. The third-order valence-electron chi connectivity index (χ3n) is 3.79. The number of carboxylic acids is 1. The Hall–Kier alpha value is -2.16. The number of amides is 2. The second-order valence-electron chi connectivity index (χ2n) is 5.67. The van der Waals surface area contributed by atoms with Crippen LogP contribution in [0.25, 0.3) is 0 Å². The van der Waals surface area contributed by atoms with Crippen molar-refractivity contribution in [2.45, 2.75) is 58.4 Å². The van der Waals surface area contributed by atoms with Gasteiger partial charge in [0, 0.05) is 0 Å². The second kappa shape index (κ2) is 8.62. The fraction of sp³-hybridized carbons (Fsp3) is 0.733. The number of hydrogen-bond donors (Lipinski definition) is 3. The maximum Gasteiger partial charge on any atom is 0.338 e. The summed E-state index contributed by atoms with van der Waals surface area (Å²) in [6.45, 7) is 6.75. The van der Waals surface area contributed by atoms with E-state index in [1.165, 1.54) is 6.92 Å². The van der Waals surface area contributed by atoms with Crippen LogP contribution in [-0.4, -0.2) is 59.8 Å². The Morgan fingerprint density at radius 1 is 1.12 bits per heavy atom. The molecule has 1 heterocycles. The lowest BCUT2D eigenvalue weighted by molar-refractivity contribution is -0.144. The van der Waals surface area contributed by atoms with Gasteiger partial charge in [-0.05, 0) is 19.8 Å². The van der Waals surface area contributed by atoms with Crippen LogP contribution in [0.1, 0.15) is 34.1 Å². The van der Waals surface area contributed by atoms with Gasteiger partial charge in [0.2, 0.25) is 5.91 Å². The molecule has 0 spiro atoms. The van der Waals surface area contributed by atoms with Gasteiger partial charge < -0.3 is 25.2 Å². The maximum atomic E-state index is 12.2. The molecule has 136 valence electrons. The van der Waals surface area contributed by atoms with Crippen LogP contribution in [0.4, 0.5) is 0 Å². The molecule has 1 aliphatic rings. The molecule has 9 nitrogen and oxygen atoms in total. The summed E-state index contributed by atoms with van der Waals surface area (Å²) in [5.41, 5.74) is 0. The molecule has 1 fully saturated rings. The molecular weight excluding hydrogens is 320 g/mol. The van der Waals surface area contributed by atoms with Gasteiger partial charge in [0.15, 0.2) is 12.2 Å². The Morgan fingerprint density at radius 2 is 1.75 bits per heavy atom. The van der Waals surface area contributed by atoms with E-state index in [9.17, 15) is 19.2 Å². The first-order valence-electron chi connectivity index (χ1n) is 7.88. The van der Waals surface area contributed by atoms with Crippen LogP contribution in [0.3, 0.4) is 0 Å². The molecule has 0 bridgehead atoms. The van der Waals surface area contributed by atoms with Gasteiger partial charge in [-0.1, -0.05) is 20.3 Å². The van der Waals surface area contributed by atoms with E-state index in [4.69, 9.17) is 14.6 Å². The summed E-state index contributed by atoms with van der Waals surface area (Å²) in [4.78, 5) is 46.7. The molecule has 0 unspecified atom stereocenters. The van der Waals surface area contributed by atoms with Gasteiger partial charge in [0.1, 0.15) is 12.1 Å². The summed E-state index contributed by atoms with van der Waals surface area (Å²) in [6.07, 6.45) is -1.35. The molecule has 0 radical (unpaired) electrons. The van der Waals surface area contributed by atoms with Crippen LogP contribution < -0.4 is 10.6 Å². The number of ether oxygens (including phenoxy) is 2. The molecule has 0 saturated carbocycles. The predicted octanol–water partition coefficient (Wildman–Crippen LogP) is -0.563. The quantitative estimate of drug-likeness (QED) is 0.377. The number of carbonyl (C=O) groups excluding carboxylic acids is 3. The average molecular weight is 344 g/mol. The fourth-order valence-corrected chi connectivity index (χ4v) is 2.02. The van der Waals surface area contributed by atoms with Crippen LogP contribution >= 0.6 is 0 Å². The lowest BCUT2D eigenvalue weighted by atomic mass is 9.97. The van der Waals surface area contributed by atoms with Crippen molar-refractivity contribution < 1.29 is 33.8 Å². The molecule has 0 aromatic rings. The minimum Gasteiger partial charge on any atom is -0.480 e. The van der Waals surface area contributed by atoms with E-state index < -0.39 is 48.0 Å². The van der Waals surface area contributed by atoms with Gasteiger partial charge in [-0.2, -0.15) is 0 Å². The van der Waals surface area contributed by atoms with E-state index in [1.54, 1.807) is 13.8 Å². The van der Waals surface area contributed by atoms with E-state index >= 15 is 0 Å². The van der Waals surface area contributed by atoms with Crippen molar-refractivity contribution in [1.82, 2.24) is 10.6 Å². The number of rotatable bonds is 9. The summed E-state index contributed by atoms with van der Waals surface area (Å²) < 4.78 is 9.75. The number of aliphatic carboxylic acids is 1.